The monoisotopic (exact) mass is 206 g/mol. The Bertz CT molecular complexity index is 359. The third-order valence-electron chi connectivity index (χ3n) is 2.40. The third-order valence-corrected chi connectivity index (χ3v) is 2.40. The summed E-state index contributed by atoms with van der Waals surface area (Å²) in [5, 5.41) is 0. The number of nitrogens with two attached hydrogens (primary N) is 2. The molecule has 0 fully saturated rings. The van der Waals surface area contributed by atoms with Gasteiger partial charge in [0.2, 0.25) is 5.91 Å². The van der Waals surface area contributed by atoms with Crippen LogP contribution in [0.4, 0.5) is 0 Å². The molecule has 0 aliphatic rings. The fourth-order valence-electron chi connectivity index (χ4n) is 1.52. The van der Waals surface area contributed by atoms with Crippen molar-refractivity contribution in [1.29, 1.82) is 0 Å². The number of hydrogen-bond acceptors (Lipinski definition) is 2. The van der Waals surface area contributed by atoms with Crippen molar-refractivity contribution in [2.24, 2.45) is 11.5 Å². The molecule has 1 aromatic carbocycles. The summed E-state index contributed by atoms with van der Waals surface area (Å²) in [6, 6.07) is 5.92. The van der Waals surface area contributed by atoms with E-state index in [-0.39, 0.29) is 11.9 Å². The van der Waals surface area contributed by atoms with E-state index in [0.717, 1.165) is 24.0 Å². The van der Waals surface area contributed by atoms with Gasteiger partial charge in [-0.25, -0.2) is 0 Å². The summed E-state index contributed by atoms with van der Waals surface area (Å²) in [5.41, 5.74) is 13.7. The van der Waals surface area contributed by atoms with Crippen molar-refractivity contribution in [2.45, 2.75) is 32.7 Å². The maximum absolute atomic E-state index is 11.2. The molecule has 0 aliphatic heterocycles. The SMILES string of the molecule is Cc1ccc(CC[C@H](C)N)c(C(N)=O)c1. The Morgan fingerprint density at radius 3 is 2.67 bits per heavy atom. The van der Waals surface area contributed by atoms with Crippen molar-refractivity contribution in [3.63, 3.8) is 0 Å². The number of carbonyl (C=O) groups excluding carboxylic acids is 1. The van der Waals surface area contributed by atoms with Crippen LogP contribution in [0, 0.1) is 6.92 Å². The first-order valence-electron chi connectivity index (χ1n) is 5.15. The molecule has 0 saturated carbocycles. The molecular formula is C12H18N2O. The topological polar surface area (TPSA) is 69.1 Å². The number of rotatable bonds is 4. The van der Waals surface area contributed by atoms with Crippen molar-refractivity contribution in [3.8, 4) is 0 Å². The van der Waals surface area contributed by atoms with E-state index in [9.17, 15) is 4.79 Å². The van der Waals surface area contributed by atoms with Gasteiger partial charge in [0.1, 0.15) is 0 Å². The highest BCUT2D eigenvalue weighted by atomic mass is 16.1. The molecule has 1 rings (SSSR count). The number of benzene rings is 1. The summed E-state index contributed by atoms with van der Waals surface area (Å²) < 4.78 is 0. The zero-order valence-electron chi connectivity index (χ0n) is 9.29. The minimum absolute atomic E-state index is 0.145. The van der Waals surface area contributed by atoms with Gasteiger partial charge < -0.3 is 11.5 Å². The first-order chi connectivity index (χ1) is 7.00. The highest BCUT2D eigenvalue weighted by Gasteiger charge is 2.08. The van der Waals surface area contributed by atoms with Crippen molar-refractivity contribution < 1.29 is 4.79 Å². The van der Waals surface area contributed by atoms with Gasteiger partial charge in [0.15, 0.2) is 0 Å². The van der Waals surface area contributed by atoms with Crippen LogP contribution in [0.5, 0.6) is 0 Å². The lowest BCUT2D eigenvalue weighted by Crippen LogP contribution is -2.18. The Balaban J connectivity index is 2.91. The summed E-state index contributed by atoms with van der Waals surface area (Å²) in [4.78, 5) is 11.2. The van der Waals surface area contributed by atoms with Gasteiger partial charge in [0.25, 0.3) is 0 Å². The van der Waals surface area contributed by atoms with Crippen LogP contribution in [-0.2, 0) is 6.42 Å². The van der Waals surface area contributed by atoms with Crippen LogP contribution in [-0.4, -0.2) is 11.9 Å². The van der Waals surface area contributed by atoms with Crippen molar-refractivity contribution in [2.75, 3.05) is 0 Å². The number of carbonyl (C=O) groups is 1. The first kappa shape index (κ1) is 11.7. The van der Waals surface area contributed by atoms with Crippen molar-refractivity contribution in [1.82, 2.24) is 0 Å². The molecule has 15 heavy (non-hydrogen) atoms. The Labute approximate surface area is 90.5 Å². The number of amides is 1. The molecule has 0 aromatic heterocycles. The molecule has 3 nitrogen and oxygen atoms in total. The molecule has 1 atom stereocenters. The molecule has 0 heterocycles. The predicted molar refractivity (Wildman–Crippen MR) is 61.7 cm³/mol. The van der Waals surface area contributed by atoms with Crippen LogP contribution in [0.15, 0.2) is 18.2 Å². The van der Waals surface area contributed by atoms with Crippen LogP contribution in [0.25, 0.3) is 0 Å². The lowest BCUT2D eigenvalue weighted by atomic mass is 9.98. The van der Waals surface area contributed by atoms with Gasteiger partial charge in [-0.15, -0.1) is 0 Å². The van der Waals surface area contributed by atoms with Crippen molar-refractivity contribution in [3.05, 3.63) is 34.9 Å². The molecule has 0 spiro atoms. The summed E-state index contributed by atoms with van der Waals surface area (Å²) >= 11 is 0. The van der Waals surface area contributed by atoms with Crippen LogP contribution in [0.1, 0.15) is 34.8 Å². The summed E-state index contributed by atoms with van der Waals surface area (Å²) in [5.74, 6) is -0.363. The number of hydrogen-bond donors (Lipinski definition) is 2. The zero-order chi connectivity index (χ0) is 11.4. The zero-order valence-corrected chi connectivity index (χ0v) is 9.29. The Hall–Kier alpha value is -1.35. The molecule has 1 aromatic rings. The van der Waals surface area contributed by atoms with Crippen LogP contribution >= 0.6 is 0 Å². The average molecular weight is 206 g/mol. The molecule has 0 radical (unpaired) electrons. The van der Waals surface area contributed by atoms with Crippen LogP contribution in [0.3, 0.4) is 0 Å². The molecule has 3 heteroatoms. The van der Waals surface area contributed by atoms with Crippen molar-refractivity contribution >= 4 is 5.91 Å². The molecule has 0 unspecified atom stereocenters. The smallest absolute Gasteiger partial charge is 0.248 e. The van der Waals surface area contributed by atoms with Crippen LogP contribution < -0.4 is 11.5 Å². The maximum atomic E-state index is 11.2. The summed E-state index contributed by atoms with van der Waals surface area (Å²) in [7, 11) is 0. The highest BCUT2D eigenvalue weighted by Crippen LogP contribution is 2.13. The fourth-order valence-corrected chi connectivity index (χ4v) is 1.52. The van der Waals surface area contributed by atoms with E-state index in [4.69, 9.17) is 11.5 Å². The number of primary amides is 1. The summed E-state index contributed by atoms with van der Waals surface area (Å²) in [6.07, 6.45) is 1.67. The number of aryl methyl sites for hydroxylation is 2. The molecule has 0 aliphatic carbocycles. The Kier molecular flexibility index (Phi) is 3.86. The van der Waals surface area contributed by atoms with E-state index in [0.29, 0.717) is 5.56 Å². The summed E-state index contributed by atoms with van der Waals surface area (Å²) in [6.45, 7) is 3.90. The lowest BCUT2D eigenvalue weighted by molar-refractivity contribution is 0.0999. The van der Waals surface area contributed by atoms with E-state index in [1.54, 1.807) is 0 Å². The van der Waals surface area contributed by atoms with Gasteiger partial charge in [-0.05, 0) is 38.3 Å². The quantitative estimate of drug-likeness (QED) is 0.781. The second-order valence-corrected chi connectivity index (χ2v) is 4.04. The lowest BCUT2D eigenvalue weighted by Gasteiger charge is -2.09. The molecular weight excluding hydrogens is 188 g/mol. The van der Waals surface area contributed by atoms with Gasteiger partial charge in [-0.1, -0.05) is 17.7 Å². The minimum Gasteiger partial charge on any atom is -0.366 e. The van der Waals surface area contributed by atoms with Gasteiger partial charge >= 0.3 is 0 Å². The van der Waals surface area contributed by atoms with E-state index < -0.39 is 0 Å². The fraction of sp³-hybridized carbons (Fsp3) is 0.417. The standard InChI is InChI=1S/C12H18N2O/c1-8-3-5-10(6-4-9(2)13)11(7-8)12(14)15/h3,5,7,9H,4,6,13H2,1-2H3,(H2,14,15)/t9-/m0/s1. The van der Waals surface area contributed by atoms with E-state index in [2.05, 4.69) is 0 Å². The van der Waals surface area contributed by atoms with E-state index in [1.165, 1.54) is 0 Å². The third kappa shape index (κ3) is 3.36. The normalized spacial score (nSPS) is 12.5. The molecule has 1 amide bonds. The second kappa shape index (κ2) is 4.94. The Morgan fingerprint density at radius 2 is 2.13 bits per heavy atom. The predicted octanol–water partition coefficient (Wildman–Crippen LogP) is 1.37. The van der Waals surface area contributed by atoms with E-state index >= 15 is 0 Å². The largest absolute Gasteiger partial charge is 0.366 e. The second-order valence-electron chi connectivity index (χ2n) is 4.04. The first-order valence-corrected chi connectivity index (χ1v) is 5.15. The van der Waals surface area contributed by atoms with E-state index in [1.807, 2.05) is 32.0 Å². The van der Waals surface area contributed by atoms with Gasteiger partial charge in [0.05, 0.1) is 0 Å². The van der Waals surface area contributed by atoms with Gasteiger partial charge in [-0.2, -0.15) is 0 Å². The van der Waals surface area contributed by atoms with Crippen LogP contribution in [0.2, 0.25) is 0 Å². The molecule has 0 saturated heterocycles. The average Bonchev–Trinajstić information content (AvgIpc) is 2.15. The van der Waals surface area contributed by atoms with Gasteiger partial charge in [-0.3, -0.25) is 4.79 Å². The Morgan fingerprint density at radius 1 is 1.47 bits per heavy atom. The minimum atomic E-state index is -0.363. The highest BCUT2D eigenvalue weighted by molar-refractivity contribution is 5.94. The maximum Gasteiger partial charge on any atom is 0.248 e. The van der Waals surface area contributed by atoms with Gasteiger partial charge in [0, 0.05) is 11.6 Å². The molecule has 4 N–H and O–H groups in total. The molecule has 0 bridgehead atoms. The molecule has 82 valence electrons.